The number of ether oxygens (including phenoxy) is 1. The number of carbonyl (C=O) groups excluding carboxylic acids is 1. The number of likely N-dealkylation sites (N-methyl/N-ethyl adjacent to an activating group) is 1. The lowest BCUT2D eigenvalue weighted by molar-refractivity contribution is -0.131. The van der Waals surface area contributed by atoms with Gasteiger partial charge in [-0.1, -0.05) is 6.08 Å². The standard InChI is InChI=1S/C10H20N2O2/c1-4-6-9(11)10(13)12(3)7-8-14-5-2/h4,9H,1,5-8,11H2,2-3H3. The van der Waals surface area contributed by atoms with Crippen molar-refractivity contribution < 1.29 is 9.53 Å². The van der Waals surface area contributed by atoms with Gasteiger partial charge in [-0.2, -0.15) is 0 Å². The van der Waals surface area contributed by atoms with Gasteiger partial charge in [-0.05, 0) is 13.3 Å². The van der Waals surface area contributed by atoms with E-state index in [0.717, 1.165) is 0 Å². The molecule has 0 aromatic rings. The number of carbonyl (C=O) groups is 1. The van der Waals surface area contributed by atoms with Crippen molar-refractivity contribution in [2.45, 2.75) is 19.4 Å². The molecule has 14 heavy (non-hydrogen) atoms. The summed E-state index contributed by atoms with van der Waals surface area (Å²) in [7, 11) is 1.73. The quantitative estimate of drug-likeness (QED) is 0.477. The summed E-state index contributed by atoms with van der Waals surface area (Å²) in [6.45, 7) is 7.27. The third-order valence-corrected chi connectivity index (χ3v) is 1.89. The normalized spacial score (nSPS) is 12.2. The lowest BCUT2D eigenvalue weighted by Crippen LogP contribution is -2.42. The molecule has 0 spiro atoms. The summed E-state index contributed by atoms with van der Waals surface area (Å²) >= 11 is 0. The molecule has 4 heteroatoms. The van der Waals surface area contributed by atoms with Crippen LogP contribution in [0.5, 0.6) is 0 Å². The number of amides is 1. The highest BCUT2D eigenvalue weighted by Crippen LogP contribution is 1.95. The second-order valence-corrected chi connectivity index (χ2v) is 3.09. The van der Waals surface area contributed by atoms with Gasteiger partial charge < -0.3 is 15.4 Å². The molecule has 1 amide bonds. The van der Waals surface area contributed by atoms with E-state index in [4.69, 9.17) is 10.5 Å². The van der Waals surface area contributed by atoms with Crippen LogP contribution in [0.4, 0.5) is 0 Å². The Morgan fingerprint density at radius 3 is 2.86 bits per heavy atom. The zero-order valence-electron chi connectivity index (χ0n) is 9.03. The van der Waals surface area contributed by atoms with Crippen LogP contribution in [0.25, 0.3) is 0 Å². The van der Waals surface area contributed by atoms with E-state index >= 15 is 0 Å². The first-order valence-electron chi connectivity index (χ1n) is 4.82. The third-order valence-electron chi connectivity index (χ3n) is 1.89. The Bertz CT molecular complexity index is 183. The average molecular weight is 200 g/mol. The van der Waals surface area contributed by atoms with Crippen molar-refractivity contribution in [1.29, 1.82) is 0 Å². The van der Waals surface area contributed by atoms with E-state index < -0.39 is 6.04 Å². The van der Waals surface area contributed by atoms with Gasteiger partial charge in [0, 0.05) is 20.2 Å². The molecule has 0 aromatic carbocycles. The number of nitrogens with zero attached hydrogens (tertiary/aromatic N) is 1. The molecular weight excluding hydrogens is 180 g/mol. The van der Waals surface area contributed by atoms with Crippen LogP contribution in [0.3, 0.4) is 0 Å². The Morgan fingerprint density at radius 1 is 1.71 bits per heavy atom. The molecular formula is C10H20N2O2. The summed E-state index contributed by atoms with van der Waals surface area (Å²) in [4.78, 5) is 13.1. The predicted octanol–water partition coefficient (Wildman–Crippen LogP) is 0.385. The lowest BCUT2D eigenvalue weighted by atomic mass is 10.2. The first-order valence-corrected chi connectivity index (χ1v) is 4.82. The number of hydrogen-bond donors (Lipinski definition) is 1. The number of rotatable bonds is 7. The molecule has 0 aromatic heterocycles. The Hall–Kier alpha value is -0.870. The first kappa shape index (κ1) is 13.1. The van der Waals surface area contributed by atoms with Crippen molar-refractivity contribution in [1.82, 2.24) is 4.90 Å². The van der Waals surface area contributed by atoms with Crippen molar-refractivity contribution in [3.63, 3.8) is 0 Å². The maximum absolute atomic E-state index is 11.5. The van der Waals surface area contributed by atoms with Gasteiger partial charge in [-0.3, -0.25) is 4.79 Å². The zero-order chi connectivity index (χ0) is 11.0. The van der Waals surface area contributed by atoms with E-state index in [0.29, 0.717) is 26.2 Å². The molecule has 0 aliphatic carbocycles. The third kappa shape index (κ3) is 4.99. The predicted molar refractivity (Wildman–Crippen MR) is 56.9 cm³/mol. The van der Waals surface area contributed by atoms with E-state index in [1.807, 2.05) is 6.92 Å². The van der Waals surface area contributed by atoms with Crippen molar-refractivity contribution in [3.8, 4) is 0 Å². The highest BCUT2D eigenvalue weighted by molar-refractivity contribution is 5.81. The second kappa shape index (κ2) is 7.53. The lowest BCUT2D eigenvalue weighted by Gasteiger charge is -2.20. The maximum atomic E-state index is 11.5. The summed E-state index contributed by atoms with van der Waals surface area (Å²) in [6.07, 6.45) is 2.16. The number of nitrogens with two attached hydrogens (primary N) is 1. The summed E-state index contributed by atoms with van der Waals surface area (Å²) in [5, 5.41) is 0. The summed E-state index contributed by atoms with van der Waals surface area (Å²) < 4.78 is 5.14. The van der Waals surface area contributed by atoms with Crippen molar-refractivity contribution >= 4 is 5.91 Å². The molecule has 4 nitrogen and oxygen atoms in total. The smallest absolute Gasteiger partial charge is 0.239 e. The van der Waals surface area contributed by atoms with Gasteiger partial charge in [0.05, 0.1) is 12.6 Å². The molecule has 0 heterocycles. The molecule has 0 aliphatic heterocycles. The Labute approximate surface area is 85.7 Å². The van der Waals surface area contributed by atoms with Gasteiger partial charge in [0.2, 0.25) is 5.91 Å². The van der Waals surface area contributed by atoms with Crippen LogP contribution in [0, 0.1) is 0 Å². The fourth-order valence-electron chi connectivity index (χ4n) is 1.02. The van der Waals surface area contributed by atoms with Crippen LogP contribution >= 0.6 is 0 Å². The monoisotopic (exact) mass is 200 g/mol. The van der Waals surface area contributed by atoms with Gasteiger partial charge in [0.1, 0.15) is 0 Å². The summed E-state index contributed by atoms with van der Waals surface area (Å²) in [6, 6.07) is -0.473. The van der Waals surface area contributed by atoms with Gasteiger partial charge in [-0.25, -0.2) is 0 Å². The van der Waals surface area contributed by atoms with Crippen molar-refractivity contribution in [3.05, 3.63) is 12.7 Å². The minimum absolute atomic E-state index is 0.0652. The van der Waals surface area contributed by atoms with Gasteiger partial charge in [-0.15, -0.1) is 6.58 Å². The van der Waals surface area contributed by atoms with E-state index in [1.165, 1.54) is 0 Å². The van der Waals surface area contributed by atoms with Gasteiger partial charge >= 0.3 is 0 Å². The van der Waals surface area contributed by atoms with E-state index in [9.17, 15) is 4.79 Å². The molecule has 0 saturated heterocycles. The highest BCUT2D eigenvalue weighted by atomic mass is 16.5. The van der Waals surface area contributed by atoms with Crippen LogP contribution in [-0.4, -0.2) is 43.7 Å². The molecule has 0 radical (unpaired) electrons. The minimum Gasteiger partial charge on any atom is -0.380 e. The molecule has 2 N–H and O–H groups in total. The molecule has 0 saturated carbocycles. The molecule has 1 atom stereocenters. The van der Waals surface area contributed by atoms with E-state index in [2.05, 4.69) is 6.58 Å². The molecule has 82 valence electrons. The van der Waals surface area contributed by atoms with Gasteiger partial charge in [0.15, 0.2) is 0 Å². The molecule has 0 rings (SSSR count). The molecule has 0 fully saturated rings. The Kier molecular flexibility index (Phi) is 7.06. The SMILES string of the molecule is C=CCC(N)C(=O)N(C)CCOCC. The van der Waals surface area contributed by atoms with Crippen LogP contribution in [0.2, 0.25) is 0 Å². The Morgan fingerprint density at radius 2 is 2.36 bits per heavy atom. The maximum Gasteiger partial charge on any atom is 0.239 e. The van der Waals surface area contributed by atoms with Crippen LogP contribution in [-0.2, 0) is 9.53 Å². The van der Waals surface area contributed by atoms with Crippen LogP contribution in [0.15, 0.2) is 12.7 Å². The summed E-state index contributed by atoms with van der Waals surface area (Å²) in [5.74, 6) is -0.0652. The number of hydrogen-bond acceptors (Lipinski definition) is 3. The van der Waals surface area contributed by atoms with E-state index in [1.54, 1.807) is 18.0 Å². The first-order chi connectivity index (χ1) is 6.63. The highest BCUT2D eigenvalue weighted by Gasteiger charge is 2.15. The summed E-state index contributed by atoms with van der Waals surface area (Å²) in [5.41, 5.74) is 5.63. The molecule has 0 aliphatic rings. The fourth-order valence-corrected chi connectivity index (χ4v) is 1.02. The molecule has 1 unspecified atom stereocenters. The average Bonchev–Trinajstić information content (AvgIpc) is 2.17. The van der Waals surface area contributed by atoms with Crippen molar-refractivity contribution in [2.24, 2.45) is 5.73 Å². The fraction of sp³-hybridized carbons (Fsp3) is 0.700. The second-order valence-electron chi connectivity index (χ2n) is 3.09. The van der Waals surface area contributed by atoms with E-state index in [-0.39, 0.29) is 5.91 Å². The largest absolute Gasteiger partial charge is 0.380 e. The topological polar surface area (TPSA) is 55.6 Å². The van der Waals surface area contributed by atoms with Gasteiger partial charge in [0.25, 0.3) is 0 Å². The molecule has 0 bridgehead atoms. The Balaban J connectivity index is 3.79. The zero-order valence-corrected chi connectivity index (χ0v) is 9.03. The van der Waals surface area contributed by atoms with Crippen LogP contribution < -0.4 is 5.73 Å². The van der Waals surface area contributed by atoms with Crippen LogP contribution in [0.1, 0.15) is 13.3 Å². The minimum atomic E-state index is -0.473. The van der Waals surface area contributed by atoms with Crippen molar-refractivity contribution in [2.75, 3.05) is 26.8 Å².